The van der Waals surface area contributed by atoms with E-state index in [9.17, 15) is 0 Å². The van der Waals surface area contributed by atoms with E-state index in [0.717, 1.165) is 29.9 Å². The molecule has 212 valence electrons. The van der Waals surface area contributed by atoms with Crippen LogP contribution in [0.4, 0.5) is 0 Å². The third kappa shape index (κ3) is 5.81. The molecule has 1 aromatic heterocycles. The number of dihydropyridines is 2. The molecule has 0 aliphatic carbocycles. The Kier molecular flexibility index (Phi) is 7.59. The maximum absolute atomic E-state index is 4.34. The molecule has 0 bridgehead atoms. The summed E-state index contributed by atoms with van der Waals surface area (Å²) < 4.78 is 0. The average molecular weight is 568 g/mol. The Balaban J connectivity index is 1.35. The van der Waals surface area contributed by atoms with Crippen molar-refractivity contribution in [3.05, 3.63) is 176 Å². The van der Waals surface area contributed by atoms with Crippen LogP contribution in [-0.4, -0.2) is 18.1 Å². The predicted molar refractivity (Wildman–Crippen MR) is 185 cm³/mol. The Morgan fingerprint density at radius 1 is 0.614 bits per heavy atom. The Morgan fingerprint density at radius 2 is 1.18 bits per heavy atom. The van der Waals surface area contributed by atoms with Crippen molar-refractivity contribution in [2.75, 3.05) is 13.1 Å². The van der Waals surface area contributed by atoms with Crippen molar-refractivity contribution >= 4 is 11.1 Å². The number of benzene rings is 4. The summed E-state index contributed by atoms with van der Waals surface area (Å²) in [6.45, 7) is 5.53. The fraction of sp³-hybridized carbons (Fsp3) is 0.0488. The molecule has 0 fully saturated rings. The third-order valence-electron chi connectivity index (χ3n) is 8.18. The molecule has 0 atom stereocenters. The Hall–Kier alpha value is -5.67. The maximum atomic E-state index is 4.34. The van der Waals surface area contributed by atoms with Gasteiger partial charge in [0.2, 0.25) is 0 Å². The van der Waals surface area contributed by atoms with Gasteiger partial charge in [-0.15, -0.1) is 0 Å². The minimum absolute atomic E-state index is 0.777. The van der Waals surface area contributed by atoms with Gasteiger partial charge in [0.15, 0.2) is 0 Å². The second-order valence-corrected chi connectivity index (χ2v) is 11.1. The number of pyridine rings is 1. The first-order valence-electron chi connectivity index (χ1n) is 15.0. The lowest BCUT2D eigenvalue weighted by molar-refractivity contribution is 0.935. The second-order valence-electron chi connectivity index (χ2n) is 11.1. The van der Waals surface area contributed by atoms with E-state index in [2.05, 4.69) is 150 Å². The zero-order valence-electron chi connectivity index (χ0n) is 24.5. The molecule has 0 unspecified atom stereocenters. The summed E-state index contributed by atoms with van der Waals surface area (Å²) in [5.41, 5.74) is 15.3. The summed E-state index contributed by atoms with van der Waals surface area (Å²) in [4.78, 5) is 4.34. The molecule has 3 heterocycles. The normalized spacial score (nSPS) is 14.0. The number of rotatable bonds is 7. The van der Waals surface area contributed by atoms with E-state index in [1.807, 2.05) is 24.5 Å². The molecule has 3 heteroatoms. The molecule has 3 nitrogen and oxygen atoms in total. The summed E-state index contributed by atoms with van der Waals surface area (Å²) >= 11 is 0. The van der Waals surface area contributed by atoms with Gasteiger partial charge in [-0.3, -0.25) is 4.98 Å². The lowest BCUT2D eigenvalue weighted by Crippen LogP contribution is -2.17. The van der Waals surface area contributed by atoms with Crippen molar-refractivity contribution in [1.29, 1.82) is 0 Å². The van der Waals surface area contributed by atoms with Crippen LogP contribution in [0.5, 0.6) is 0 Å². The monoisotopic (exact) mass is 567 g/mol. The van der Waals surface area contributed by atoms with E-state index in [1.165, 1.54) is 55.7 Å². The predicted octanol–water partition coefficient (Wildman–Crippen LogP) is 9.31. The molecule has 0 spiro atoms. The molecule has 0 saturated heterocycles. The zero-order valence-corrected chi connectivity index (χ0v) is 24.5. The highest BCUT2D eigenvalue weighted by Crippen LogP contribution is 2.36. The van der Waals surface area contributed by atoms with Crippen molar-refractivity contribution in [2.45, 2.75) is 0 Å². The molecule has 7 rings (SSSR count). The smallest absolute Gasteiger partial charge is 0.0406 e. The SMILES string of the molecule is C=CC1=CC=C(c2cccc(-c3cc(-c4cccc(C5=CNCC=C5)c4)cc(-c4cccc(-c5cccnc5)c4)c3)c2)CN1. The van der Waals surface area contributed by atoms with Crippen LogP contribution in [0.3, 0.4) is 0 Å². The summed E-state index contributed by atoms with van der Waals surface area (Å²) in [7, 11) is 0. The van der Waals surface area contributed by atoms with Crippen molar-refractivity contribution in [3.63, 3.8) is 0 Å². The molecule has 5 aromatic rings. The number of hydrogen-bond donors (Lipinski definition) is 2. The van der Waals surface area contributed by atoms with Crippen LogP contribution in [0.15, 0.2) is 164 Å². The van der Waals surface area contributed by atoms with E-state index < -0.39 is 0 Å². The summed E-state index contributed by atoms with van der Waals surface area (Å²) in [6.07, 6.45) is 16.3. The lowest BCUT2D eigenvalue weighted by Gasteiger charge is -2.17. The van der Waals surface area contributed by atoms with E-state index in [0.29, 0.717) is 0 Å². The van der Waals surface area contributed by atoms with Gasteiger partial charge in [-0.05, 0) is 116 Å². The fourth-order valence-electron chi connectivity index (χ4n) is 5.81. The highest BCUT2D eigenvalue weighted by Gasteiger charge is 2.12. The minimum atomic E-state index is 0.777. The number of hydrogen-bond acceptors (Lipinski definition) is 3. The first-order valence-corrected chi connectivity index (χ1v) is 15.0. The molecule has 2 aliphatic heterocycles. The number of nitrogens with zero attached hydrogens (tertiary/aromatic N) is 1. The van der Waals surface area contributed by atoms with Crippen molar-refractivity contribution in [2.24, 2.45) is 0 Å². The number of aromatic nitrogens is 1. The minimum Gasteiger partial charge on any atom is -0.387 e. The topological polar surface area (TPSA) is 37.0 Å². The van der Waals surface area contributed by atoms with E-state index >= 15 is 0 Å². The fourth-order valence-corrected chi connectivity index (χ4v) is 5.81. The van der Waals surface area contributed by atoms with E-state index in [4.69, 9.17) is 0 Å². The highest BCUT2D eigenvalue weighted by atomic mass is 14.9. The van der Waals surface area contributed by atoms with Gasteiger partial charge in [0.05, 0.1) is 0 Å². The molecule has 4 aromatic carbocycles. The molecule has 44 heavy (non-hydrogen) atoms. The van der Waals surface area contributed by atoms with Crippen LogP contribution in [0, 0.1) is 0 Å². The molecule has 0 saturated carbocycles. The average Bonchev–Trinajstić information content (AvgIpc) is 3.12. The third-order valence-corrected chi connectivity index (χ3v) is 8.18. The lowest BCUT2D eigenvalue weighted by atomic mass is 9.90. The quantitative estimate of drug-likeness (QED) is 0.206. The Morgan fingerprint density at radius 3 is 1.75 bits per heavy atom. The van der Waals surface area contributed by atoms with Crippen LogP contribution in [-0.2, 0) is 0 Å². The molecule has 0 radical (unpaired) electrons. The number of nitrogens with one attached hydrogen (secondary N) is 2. The van der Waals surface area contributed by atoms with Gasteiger partial charge < -0.3 is 10.6 Å². The molecule has 2 N–H and O–H groups in total. The van der Waals surface area contributed by atoms with Gasteiger partial charge in [0, 0.05) is 42.9 Å². The first kappa shape index (κ1) is 27.2. The van der Waals surface area contributed by atoms with Gasteiger partial charge in [-0.25, -0.2) is 0 Å². The number of allylic oxidation sites excluding steroid dienone is 5. The molecular weight excluding hydrogens is 534 g/mol. The van der Waals surface area contributed by atoms with E-state index in [1.54, 1.807) is 0 Å². The van der Waals surface area contributed by atoms with Gasteiger partial charge in [0.1, 0.15) is 0 Å². The van der Waals surface area contributed by atoms with Crippen LogP contribution in [0.2, 0.25) is 0 Å². The summed E-state index contributed by atoms with van der Waals surface area (Å²) in [5, 5.41) is 6.79. The standard InChI is InChI=1S/C41H33N3/c1-2-41-17-16-37(28-44-41)31-10-5-13-34(22-31)40-24-38(32-11-3-8-29(20-32)35-14-6-18-42-26-35)23-39(25-40)33-12-4-9-30(21-33)36-15-7-19-43-27-36/h2-18,20-27,43-44H,1,19,28H2. The molecule has 2 aliphatic rings. The second kappa shape index (κ2) is 12.3. The molecule has 0 amide bonds. The van der Waals surface area contributed by atoms with Crippen LogP contribution < -0.4 is 10.6 Å². The maximum Gasteiger partial charge on any atom is 0.0406 e. The van der Waals surface area contributed by atoms with Gasteiger partial charge in [0.25, 0.3) is 0 Å². The van der Waals surface area contributed by atoms with Crippen LogP contribution in [0.25, 0.3) is 55.7 Å². The van der Waals surface area contributed by atoms with Gasteiger partial charge >= 0.3 is 0 Å². The van der Waals surface area contributed by atoms with Crippen LogP contribution >= 0.6 is 0 Å². The largest absolute Gasteiger partial charge is 0.387 e. The van der Waals surface area contributed by atoms with Crippen molar-refractivity contribution in [3.8, 4) is 44.5 Å². The first-order chi connectivity index (χ1) is 21.7. The summed E-state index contributed by atoms with van der Waals surface area (Å²) in [6, 6.07) is 37.5. The van der Waals surface area contributed by atoms with Crippen LogP contribution in [0.1, 0.15) is 11.1 Å². The zero-order chi connectivity index (χ0) is 29.7. The molecular formula is C41H33N3. The van der Waals surface area contributed by atoms with Gasteiger partial charge in [-0.2, -0.15) is 0 Å². The van der Waals surface area contributed by atoms with E-state index in [-0.39, 0.29) is 0 Å². The Bertz CT molecular complexity index is 1970. The Labute approximate surface area is 259 Å². The van der Waals surface area contributed by atoms with Crippen molar-refractivity contribution in [1.82, 2.24) is 15.6 Å². The van der Waals surface area contributed by atoms with Gasteiger partial charge in [-0.1, -0.05) is 85.5 Å². The highest BCUT2D eigenvalue weighted by molar-refractivity contribution is 5.85. The van der Waals surface area contributed by atoms with Crippen molar-refractivity contribution < 1.29 is 0 Å². The summed E-state index contributed by atoms with van der Waals surface area (Å²) in [5.74, 6) is 0.